The molecule has 1 aliphatic rings. The fourth-order valence-electron chi connectivity index (χ4n) is 2.82. The van der Waals surface area contributed by atoms with Gasteiger partial charge < -0.3 is 20.1 Å². The van der Waals surface area contributed by atoms with Crippen LogP contribution in [0.25, 0.3) is 10.8 Å². The van der Waals surface area contributed by atoms with Crippen LogP contribution in [0.5, 0.6) is 11.5 Å². The van der Waals surface area contributed by atoms with Gasteiger partial charge in [0.1, 0.15) is 6.04 Å². The van der Waals surface area contributed by atoms with E-state index in [0.29, 0.717) is 5.75 Å². The third-order valence-electron chi connectivity index (χ3n) is 4.17. The highest BCUT2D eigenvalue weighted by Gasteiger charge is 2.17. The maximum atomic E-state index is 12.5. The summed E-state index contributed by atoms with van der Waals surface area (Å²) in [7, 11) is 0. The number of ether oxygens (including phenoxy) is 2. The third-order valence-corrected chi connectivity index (χ3v) is 4.17. The molecule has 0 bridgehead atoms. The number of amides is 1. The van der Waals surface area contributed by atoms with Crippen molar-refractivity contribution in [2.75, 3.05) is 17.4 Å². The van der Waals surface area contributed by atoms with Crippen LogP contribution in [0.1, 0.15) is 6.92 Å². The van der Waals surface area contributed by atoms with Gasteiger partial charge in [0.25, 0.3) is 0 Å². The largest absolute Gasteiger partial charge is 0.454 e. The summed E-state index contributed by atoms with van der Waals surface area (Å²) in [6.07, 6.45) is 0. The Morgan fingerprint density at radius 3 is 2.56 bits per heavy atom. The van der Waals surface area contributed by atoms with E-state index in [-0.39, 0.29) is 12.7 Å². The molecule has 0 saturated carbocycles. The first-order chi connectivity index (χ1) is 12.2. The molecule has 3 aromatic carbocycles. The second-order valence-corrected chi connectivity index (χ2v) is 5.99. The van der Waals surface area contributed by atoms with E-state index in [1.165, 1.54) is 0 Å². The summed E-state index contributed by atoms with van der Waals surface area (Å²) >= 11 is 0. The number of hydrogen-bond donors (Lipinski definition) is 2. The van der Waals surface area contributed by atoms with Gasteiger partial charge >= 0.3 is 0 Å². The summed E-state index contributed by atoms with van der Waals surface area (Å²) in [6.45, 7) is 2.05. The third kappa shape index (κ3) is 3.21. The van der Waals surface area contributed by atoms with Crippen LogP contribution >= 0.6 is 0 Å². The van der Waals surface area contributed by atoms with Gasteiger partial charge in [0.2, 0.25) is 12.7 Å². The van der Waals surface area contributed by atoms with Crippen molar-refractivity contribution in [1.29, 1.82) is 0 Å². The van der Waals surface area contributed by atoms with Crippen LogP contribution in [-0.4, -0.2) is 18.7 Å². The van der Waals surface area contributed by atoms with Gasteiger partial charge in [-0.25, -0.2) is 0 Å². The number of rotatable bonds is 4. The van der Waals surface area contributed by atoms with E-state index in [9.17, 15) is 4.79 Å². The van der Waals surface area contributed by atoms with E-state index in [1.54, 1.807) is 0 Å². The van der Waals surface area contributed by atoms with E-state index in [1.807, 2.05) is 67.6 Å². The molecule has 0 unspecified atom stereocenters. The molecule has 5 heteroatoms. The molecule has 0 aromatic heterocycles. The monoisotopic (exact) mass is 334 g/mol. The molecular weight excluding hydrogens is 316 g/mol. The molecule has 1 heterocycles. The lowest BCUT2D eigenvalue weighted by molar-refractivity contribution is -0.116. The second kappa shape index (κ2) is 6.36. The Morgan fingerprint density at radius 2 is 1.68 bits per heavy atom. The maximum absolute atomic E-state index is 12.5. The average molecular weight is 334 g/mol. The zero-order valence-corrected chi connectivity index (χ0v) is 13.8. The first-order valence-corrected chi connectivity index (χ1v) is 8.15. The molecule has 0 spiro atoms. The molecule has 0 aliphatic carbocycles. The number of carbonyl (C=O) groups excluding carboxylic acids is 1. The van der Waals surface area contributed by atoms with Gasteiger partial charge in [0.15, 0.2) is 11.5 Å². The predicted octanol–water partition coefficient (Wildman–Crippen LogP) is 4.01. The van der Waals surface area contributed by atoms with Gasteiger partial charge in [-0.1, -0.05) is 30.3 Å². The van der Waals surface area contributed by atoms with Crippen molar-refractivity contribution in [2.45, 2.75) is 13.0 Å². The van der Waals surface area contributed by atoms with Crippen molar-refractivity contribution < 1.29 is 14.3 Å². The van der Waals surface area contributed by atoms with Gasteiger partial charge in [-0.2, -0.15) is 0 Å². The topological polar surface area (TPSA) is 59.6 Å². The molecule has 3 aromatic rings. The zero-order valence-electron chi connectivity index (χ0n) is 13.8. The van der Waals surface area contributed by atoms with Crippen LogP contribution in [0.15, 0.2) is 60.7 Å². The summed E-state index contributed by atoms with van der Waals surface area (Å²) in [4.78, 5) is 12.5. The molecule has 0 radical (unpaired) electrons. The highest BCUT2D eigenvalue weighted by molar-refractivity contribution is 5.98. The molecule has 126 valence electrons. The minimum Gasteiger partial charge on any atom is -0.454 e. The quantitative estimate of drug-likeness (QED) is 0.757. The molecule has 1 atom stereocenters. The van der Waals surface area contributed by atoms with E-state index in [2.05, 4.69) is 10.6 Å². The number of fused-ring (bicyclic) bond motifs is 2. The predicted molar refractivity (Wildman–Crippen MR) is 98.2 cm³/mol. The van der Waals surface area contributed by atoms with Crippen LogP contribution in [0, 0.1) is 0 Å². The standard InChI is InChI=1S/C20H18N2O3/c1-13(21-17-8-9-18-19(11-17)25-12-24-18)20(23)22-16-7-6-14-4-2-3-5-15(14)10-16/h2-11,13,21H,12H2,1H3,(H,22,23)/t13-/m1/s1. The fourth-order valence-corrected chi connectivity index (χ4v) is 2.82. The van der Waals surface area contributed by atoms with Crippen LogP contribution in [0.3, 0.4) is 0 Å². The van der Waals surface area contributed by atoms with Crippen molar-refractivity contribution in [1.82, 2.24) is 0 Å². The molecule has 1 amide bonds. The fraction of sp³-hybridized carbons (Fsp3) is 0.150. The Hall–Kier alpha value is -3.21. The Labute approximate surface area is 145 Å². The molecule has 25 heavy (non-hydrogen) atoms. The normalized spacial score (nSPS) is 13.5. The van der Waals surface area contributed by atoms with Crippen molar-refractivity contribution in [3.8, 4) is 11.5 Å². The van der Waals surface area contributed by atoms with E-state index in [0.717, 1.165) is 27.9 Å². The highest BCUT2D eigenvalue weighted by atomic mass is 16.7. The zero-order chi connectivity index (χ0) is 17.2. The van der Waals surface area contributed by atoms with E-state index >= 15 is 0 Å². The van der Waals surface area contributed by atoms with Gasteiger partial charge in [-0.15, -0.1) is 0 Å². The molecule has 5 nitrogen and oxygen atoms in total. The van der Waals surface area contributed by atoms with Crippen LogP contribution in [0.4, 0.5) is 11.4 Å². The minimum atomic E-state index is -0.396. The molecule has 4 rings (SSSR count). The first kappa shape index (κ1) is 15.3. The van der Waals surface area contributed by atoms with E-state index in [4.69, 9.17) is 9.47 Å². The van der Waals surface area contributed by atoms with Gasteiger partial charge in [0.05, 0.1) is 0 Å². The van der Waals surface area contributed by atoms with Crippen molar-refractivity contribution in [3.63, 3.8) is 0 Å². The number of carbonyl (C=O) groups is 1. The number of hydrogen-bond acceptors (Lipinski definition) is 4. The molecule has 0 fully saturated rings. The smallest absolute Gasteiger partial charge is 0.246 e. The Kier molecular flexibility index (Phi) is 3.90. The van der Waals surface area contributed by atoms with Crippen molar-refractivity contribution >= 4 is 28.1 Å². The lowest BCUT2D eigenvalue weighted by Crippen LogP contribution is -2.31. The first-order valence-electron chi connectivity index (χ1n) is 8.15. The Bertz CT molecular complexity index is 939. The van der Waals surface area contributed by atoms with Crippen LogP contribution < -0.4 is 20.1 Å². The molecule has 1 aliphatic heterocycles. The summed E-state index contributed by atoms with van der Waals surface area (Å²) in [5.41, 5.74) is 1.59. The van der Waals surface area contributed by atoms with E-state index < -0.39 is 6.04 Å². The summed E-state index contributed by atoms with van der Waals surface area (Å²) in [5, 5.41) is 8.37. The van der Waals surface area contributed by atoms with Crippen LogP contribution in [0.2, 0.25) is 0 Å². The number of benzene rings is 3. The minimum absolute atomic E-state index is 0.104. The SMILES string of the molecule is C[C@@H](Nc1ccc2c(c1)OCO2)C(=O)Nc1ccc2ccccc2c1. The second-order valence-electron chi connectivity index (χ2n) is 5.99. The van der Waals surface area contributed by atoms with Gasteiger partial charge in [-0.3, -0.25) is 4.79 Å². The Balaban J connectivity index is 1.44. The molecule has 0 saturated heterocycles. The maximum Gasteiger partial charge on any atom is 0.246 e. The molecular formula is C20H18N2O3. The highest BCUT2D eigenvalue weighted by Crippen LogP contribution is 2.34. The van der Waals surface area contributed by atoms with Gasteiger partial charge in [-0.05, 0) is 42.0 Å². The van der Waals surface area contributed by atoms with Crippen molar-refractivity contribution in [3.05, 3.63) is 60.7 Å². The Morgan fingerprint density at radius 1 is 0.920 bits per heavy atom. The van der Waals surface area contributed by atoms with Crippen molar-refractivity contribution in [2.24, 2.45) is 0 Å². The van der Waals surface area contributed by atoms with Gasteiger partial charge in [0, 0.05) is 17.4 Å². The average Bonchev–Trinajstić information content (AvgIpc) is 3.09. The van der Waals surface area contributed by atoms with Crippen LogP contribution in [-0.2, 0) is 4.79 Å². The summed E-state index contributed by atoms with van der Waals surface area (Å²) < 4.78 is 10.6. The summed E-state index contributed by atoms with van der Waals surface area (Å²) in [6, 6.07) is 19.1. The number of nitrogens with one attached hydrogen (secondary N) is 2. The lowest BCUT2D eigenvalue weighted by Gasteiger charge is -2.16. The lowest BCUT2D eigenvalue weighted by atomic mass is 10.1. The summed E-state index contributed by atoms with van der Waals surface area (Å²) in [5.74, 6) is 1.30. The number of anilines is 2. The molecule has 2 N–H and O–H groups in total.